The van der Waals surface area contributed by atoms with Gasteiger partial charge in [0.15, 0.2) is 5.89 Å². The van der Waals surface area contributed by atoms with Gasteiger partial charge in [-0.3, -0.25) is 0 Å². The molecule has 0 bridgehead atoms. The number of aryl methyl sites for hydroxylation is 1. The summed E-state index contributed by atoms with van der Waals surface area (Å²) in [7, 11) is 0. The Kier molecular flexibility index (Phi) is 4.77. The molecule has 1 unspecified atom stereocenters. The van der Waals surface area contributed by atoms with Crippen molar-refractivity contribution in [1.82, 2.24) is 10.3 Å². The number of nitrogens with one attached hydrogen (secondary N) is 1. The number of hydrogen-bond acceptors (Lipinski definition) is 5. The Bertz CT molecular complexity index is 706. The van der Waals surface area contributed by atoms with Crippen LogP contribution in [-0.2, 0) is 17.7 Å². The van der Waals surface area contributed by atoms with Gasteiger partial charge in [0.05, 0.1) is 26.0 Å². The summed E-state index contributed by atoms with van der Waals surface area (Å²) in [6.07, 6.45) is 6.64. The van der Waals surface area contributed by atoms with Crippen LogP contribution >= 0.6 is 0 Å². The van der Waals surface area contributed by atoms with Gasteiger partial charge in [0.1, 0.15) is 17.1 Å². The van der Waals surface area contributed by atoms with Gasteiger partial charge in [0, 0.05) is 37.3 Å². The zero-order valence-electron chi connectivity index (χ0n) is 14.8. The fourth-order valence-corrected chi connectivity index (χ4v) is 3.83. The Labute approximate surface area is 148 Å². The molecular weight excluding hydrogens is 316 g/mol. The summed E-state index contributed by atoms with van der Waals surface area (Å²) >= 11 is 0. The topological polar surface area (TPSA) is 56.5 Å². The van der Waals surface area contributed by atoms with Gasteiger partial charge in [-0.2, -0.15) is 0 Å². The molecule has 3 heterocycles. The van der Waals surface area contributed by atoms with Crippen LogP contribution in [-0.4, -0.2) is 23.8 Å². The second-order valence-electron chi connectivity index (χ2n) is 7.04. The quantitative estimate of drug-likeness (QED) is 0.896. The largest absolute Gasteiger partial charge is 0.487 e. The molecule has 1 saturated heterocycles. The van der Waals surface area contributed by atoms with E-state index in [0.29, 0.717) is 6.54 Å². The van der Waals surface area contributed by atoms with Crippen LogP contribution in [0.5, 0.6) is 5.75 Å². The number of nitrogens with zero attached hydrogens (tertiary/aromatic N) is 1. The number of para-hydroxylation sites is 1. The number of hydrogen-bond donors (Lipinski definition) is 1. The fourth-order valence-electron chi connectivity index (χ4n) is 3.83. The van der Waals surface area contributed by atoms with Crippen LogP contribution in [0.2, 0.25) is 0 Å². The normalized spacial score (nSPS) is 21.7. The molecule has 4 rings (SSSR count). The lowest BCUT2D eigenvalue weighted by molar-refractivity contribution is -0.0648. The van der Waals surface area contributed by atoms with E-state index in [1.807, 2.05) is 12.3 Å². The zero-order valence-corrected chi connectivity index (χ0v) is 14.8. The summed E-state index contributed by atoms with van der Waals surface area (Å²) in [5.74, 6) is 2.72. The van der Waals surface area contributed by atoms with E-state index in [1.54, 1.807) is 0 Å². The third kappa shape index (κ3) is 3.58. The van der Waals surface area contributed by atoms with Gasteiger partial charge in [-0.25, -0.2) is 4.98 Å². The monoisotopic (exact) mass is 342 g/mol. The van der Waals surface area contributed by atoms with Gasteiger partial charge >= 0.3 is 0 Å². The summed E-state index contributed by atoms with van der Waals surface area (Å²) < 4.78 is 17.8. The second kappa shape index (κ2) is 7.18. The van der Waals surface area contributed by atoms with Gasteiger partial charge in [-0.05, 0) is 12.5 Å². The first-order valence-electron chi connectivity index (χ1n) is 9.31. The number of benzene rings is 1. The number of aromatic nitrogens is 1. The van der Waals surface area contributed by atoms with Crippen LogP contribution in [0, 0.1) is 0 Å². The fraction of sp³-hybridized carbons (Fsp3) is 0.550. The van der Waals surface area contributed by atoms with Gasteiger partial charge in [-0.1, -0.05) is 25.1 Å². The van der Waals surface area contributed by atoms with E-state index in [-0.39, 0.29) is 11.6 Å². The third-order valence-corrected chi connectivity index (χ3v) is 5.19. The van der Waals surface area contributed by atoms with Crippen molar-refractivity contribution in [3.05, 3.63) is 47.7 Å². The maximum Gasteiger partial charge on any atom is 0.194 e. The van der Waals surface area contributed by atoms with Crippen LogP contribution in [0.25, 0.3) is 0 Å². The number of rotatable bonds is 5. The molecular formula is C20H26N2O3. The van der Waals surface area contributed by atoms with Gasteiger partial charge in [0.25, 0.3) is 0 Å². The SMILES string of the molecule is CCCc1ncc(CNC2CC3(CCOCC3)Oc3ccccc32)o1. The van der Waals surface area contributed by atoms with E-state index >= 15 is 0 Å². The average molecular weight is 342 g/mol. The smallest absolute Gasteiger partial charge is 0.194 e. The van der Waals surface area contributed by atoms with Crippen molar-refractivity contribution in [3.8, 4) is 5.75 Å². The number of ether oxygens (including phenoxy) is 2. The van der Waals surface area contributed by atoms with Crippen molar-refractivity contribution in [1.29, 1.82) is 0 Å². The Morgan fingerprint density at radius 1 is 1.24 bits per heavy atom. The number of fused-ring (bicyclic) bond motifs is 1. The predicted molar refractivity (Wildman–Crippen MR) is 94.5 cm³/mol. The molecule has 0 amide bonds. The Hall–Kier alpha value is -1.85. The lowest BCUT2D eigenvalue weighted by Crippen LogP contribution is -2.47. The van der Waals surface area contributed by atoms with E-state index < -0.39 is 0 Å². The van der Waals surface area contributed by atoms with Crippen molar-refractivity contribution in [2.24, 2.45) is 0 Å². The van der Waals surface area contributed by atoms with E-state index in [2.05, 4.69) is 35.4 Å². The summed E-state index contributed by atoms with van der Waals surface area (Å²) in [4.78, 5) is 4.35. The highest BCUT2D eigenvalue weighted by Gasteiger charge is 2.42. The minimum Gasteiger partial charge on any atom is -0.487 e. The first-order chi connectivity index (χ1) is 12.3. The molecule has 1 aromatic carbocycles. The Morgan fingerprint density at radius 2 is 2.08 bits per heavy atom. The molecule has 0 aliphatic carbocycles. The highest BCUT2D eigenvalue weighted by molar-refractivity contribution is 5.39. The van der Waals surface area contributed by atoms with Crippen molar-refractivity contribution in [2.75, 3.05) is 13.2 Å². The van der Waals surface area contributed by atoms with Crippen molar-refractivity contribution in [2.45, 2.75) is 57.2 Å². The van der Waals surface area contributed by atoms with Crippen LogP contribution in [0.3, 0.4) is 0 Å². The summed E-state index contributed by atoms with van der Waals surface area (Å²) in [6, 6.07) is 8.60. The van der Waals surface area contributed by atoms with Crippen LogP contribution in [0.1, 0.15) is 55.9 Å². The second-order valence-corrected chi connectivity index (χ2v) is 7.04. The minimum absolute atomic E-state index is 0.112. The molecule has 2 aliphatic heterocycles. The van der Waals surface area contributed by atoms with Crippen LogP contribution < -0.4 is 10.1 Å². The molecule has 0 radical (unpaired) electrons. The lowest BCUT2D eigenvalue weighted by Gasteiger charge is -2.44. The van der Waals surface area contributed by atoms with E-state index in [0.717, 1.165) is 62.7 Å². The van der Waals surface area contributed by atoms with Gasteiger partial charge < -0.3 is 19.2 Å². The van der Waals surface area contributed by atoms with E-state index in [1.165, 1.54) is 5.56 Å². The van der Waals surface area contributed by atoms with Crippen molar-refractivity contribution < 1.29 is 13.9 Å². The van der Waals surface area contributed by atoms with E-state index in [4.69, 9.17) is 13.9 Å². The molecule has 2 aliphatic rings. The molecule has 5 heteroatoms. The lowest BCUT2D eigenvalue weighted by atomic mass is 9.82. The molecule has 5 nitrogen and oxygen atoms in total. The highest BCUT2D eigenvalue weighted by Crippen LogP contribution is 2.43. The molecule has 2 aromatic rings. The molecule has 1 spiro atoms. The molecule has 1 N–H and O–H groups in total. The minimum atomic E-state index is -0.112. The highest BCUT2D eigenvalue weighted by atomic mass is 16.5. The van der Waals surface area contributed by atoms with E-state index in [9.17, 15) is 0 Å². The molecule has 1 aromatic heterocycles. The first-order valence-corrected chi connectivity index (χ1v) is 9.31. The zero-order chi connectivity index (χ0) is 17.1. The average Bonchev–Trinajstić information content (AvgIpc) is 3.08. The molecule has 134 valence electrons. The number of oxazole rings is 1. The van der Waals surface area contributed by atoms with Crippen LogP contribution in [0.15, 0.2) is 34.9 Å². The molecule has 25 heavy (non-hydrogen) atoms. The van der Waals surface area contributed by atoms with Crippen molar-refractivity contribution >= 4 is 0 Å². The first kappa shape index (κ1) is 16.6. The van der Waals surface area contributed by atoms with Gasteiger partial charge in [-0.15, -0.1) is 0 Å². The Balaban J connectivity index is 1.50. The Morgan fingerprint density at radius 3 is 2.92 bits per heavy atom. The molecule has 1 fully saturated rings. The maximum absolute atomic E-state index is 6.42. The summed E-state index contributed by atoms with van der Waals surface area (Å²) in [5.41, 5.74) is 1.12. The maximum atomic E-state index is 6.42. The third-order valence-electron chi connectivity index (χ3n) is 5.19. The standard InChI is InChI=1S/C20H26N2O3/c1-2-5-19-22-14-15(24-19)13-21-17-12-20(8-10-23-11-9-20)25-18-7-4-3-6-16(17)18/h3-4,6-7,14,17,21H,2,5,8-13H2,1H3. The summed E-state index contributed by atoms with van der Waals surface area (Å²) in [5, 5.41) is 3.67. The van der Waals surface area contributed by atoms with Crippen LogP contribution in [0.4, 0.5) is 0 Å². The molecule has 0 saturated carbocycles. The predicted octanol–water partition coefficient (Wildman–Crippen LogP) is 3.79. The molecule has 1 atom stereocenters. The summed E-state index contributed by atoms with van der Waals surface area (Å²) in [6.45, 7) is 4.37. The van der Waals surface area contributed by atoms with Crippen molar-refractivity contribution in [3.63, 3.8) is 0 Å². The van der Waals surface area contributed by atoms with Gasteiger partial charge in [0.2, 0.25) is 0 Å².